The van der Waals surface area contributed by atoms with Crippen LogP contribution in [0.25, 0.3) is 0 Å². The van der Waals surface area contributed by atoms with E-state index in [2.05, 4.69) is 10.3 Å². The minimum Gasteiger partial charge on any atom is -0.453 e. The lowest BCUT2D eigenvalue weighted by molar-refractivity contribution is 0.435. The van der Waals surface area contributed by atoms with Crippen LogP contribution in [-0.2, 0) is 6.54 Å². The van der Waals surface area contributed by atoms with E-state index < -0.39 is 11.6 Å². The van der Waals surface area contributed by atoms with Gasteiger partial charge in [-0.15, -0.1) is 0 Å². The molecule has 0 radical (unpaired) electrons. The molecular formula is C15H16F2N2O. The van der Waals surface area contributed by atoms with Crippen molar-refractivity contribution in [1.82, 2.24) is 10.3 Å². The first-order chi connectivity index (χ1) is 9.54. The van der Waals surface area contributed by atoms with Crippen molar-refractivity contribution >= 4 is 0 Å². The third kappa shape index (κ3) is 3.99. The fourth-order valence-electron chi connectivity index (χ4n) is 1.62. The Morgan fingerprint density at radius 2 is 2.00 bits per heavy atom. The van der Waals surface area contributed by atoms with Gasteiger partial charge in [-0.1, -0.05) is 13.8 Å². The zero-order chi connectivity index (χ0) is 14.5. The molecule has 3 nitrogen and oxygen atoms in total. The van der Waals surface area contributed by atoms with Crippen molar-refractivity contribution in [2.24, 2.45) is 0 Å². The number of halogens is 2. The smallest absolute Gasteiger partial charge is 0.168 e. The van der Waals surface area contributed by atoms with Crippen molar-refractivity contribution in [3.05, 3.63) is 53.9 Å². The average molecular weight is 278 g/mol. The Bertz CT molecular complexity index is 588. The number of nitrogens with zero attached hydrogens (tertiary/aromatic N) is 1. The quantitative estimate of drug-likeness (QED) is 0.906. The van der Waals surface area contributed by atoms with Crippen molar-refractivity contribution in [3.8, 4) is 11.5 Å². The van der Waals surface area contributed by atoms with Crippen LogP contribution in [0.5, 0.6) is 11.5 Å². The van der Waals surface area contributed by atoms with Crippen LogP contribution in [0, 0.1) is 11.6 Å². The minimum atomic E-state index is -0.740. The van der Waals surface area contributed by atoms with Gasteiger partial charge in [0.1, 0.15) is 11.6 Å². The minimum absolute atomic E-state index is 0.0258. The zero-order valence-electron chi connectivity index (χ0n) is 11.4. The van der Waals surface area contributed by atoms with Crippen LogP contribution >= 0.6 is 0 Å². The van der Waals surface area contributed by atoms with Gasteiger partial charge in [0.25, 0.3) is 0 Å². The fraction of sp³-hybridized carbons (Fsp3) is 0.267. The number of rotatable bonds is 5. The SMILES string of the molecule is CC(C)NCc1cncc(Oc2ccc(F)cc2F)c1. The maximum Gasteiger partial charge on any atom is 0.168 e. The zero-order valence-corrected chi connectivity index (χ0v) is 11.4. The molecule has 0 aliphatic rings. The van der Waals surface area contributed by atoms with Gasteiger partial charge in [0.05, 0.1) is 6.20 Å². The van der Waals surface area contributed by atoms with Gasteiger partial charge in [0.2, 0.25) is 0 Å². The topological polar surface area (TPSA) is 34.2 Å². The van der Waals surface area contributed by atoms with Crippen molar-refractivity contribution in [2.75, 3.05) is 0 Å². The number of ether oxygens (including phenoxy) is 1. The second kappa shape index (κ2) is 6.43. The Morgan fingerprint density at radius 3 is 2.70 bits per heavy atom. The van der Waals surface area contributed by atoms with Crippen molar-refractivity contribution in [2.45, 2.75) is 26.4 Å². The second-order valence-corrected chi connectivity index (χ2v) is 4.74. The van der Waals surface area contributed by atoms with Crippen molar-refractivity contribution in [1.29, 1.82) is 0 Å². The molecule has 20 heavy (non-hydrogen) atoms. The summed E-state index contributed by atoms with van der Waals surface area (Å²) in [6, 6.07) is 5.31. The first-order valence-corrected chi connectivity index (χ1v) is 6.35. The molecule has 0 amide bonds. The van der Waals surface area contributed by atoms with Crippen molar-refractivity contribution < 1.29 is 13.5 Å². The Hall–Kier alpha value is -2.01. The summed E-state index contributed by atoms with van der Waals surface area (Å²) < 4.78 is 31.7. The lowest BCUT2D eigenvalue weighted by atomic mass is 10.2. The summed E-state index contributed by atoms with van der Waals surface area (Å²) >= 11 is 0. The van der Waals surface area contributed by atoms with Crippen LogP contribution in [-0.4, -0.2) is 11.0 Å². The van der Waals surface area contributed by atoms with Crippen LogP contribution in [0.4, 0.5) is 8.78 Å². The standard InChI is InChI=1S/C15H16F2N2O/c1-10(2)19-8-11-5-13(9-18-7-11)20-15-4-3-12(16)6-14(15)17/h3-7,9-10,19H,8H2,1-2H3. The average Bonchev–Trinajstić information content (AvgIpc) is 2.40. The number of hydrogen-bond donors (Lipinski definition) is 1. The molecule has 0 atom stereocenters. The summed E-state index contributed by atoms with van der Waals surface area (Å²) in [4.78, 5) is 4.04. The largest absolute Gasteiger partial charge is 0.453 e. The number of benzene rings is 1. The van der Waals surface area contributed by atoms with E-state index in [1.165, 1.54) is 12.3 Å². The lowest BCUT2D eigenvalue weighted by Crippen LogP contribution is -2.21. The van der Waals surface area contributed by atoms with Crippen molar-refractivity contribution in [3.63, 3.8) is 0 Å². The van der Waals surface area contributed by atoms with Gasteiger partial charge < -0.3 is 10.1 Å². The molecule has 1 aromatic heterocycles. The van der Waals surface area contributed by atoms with E-state index in [9.17, 15) is 8.78 Å². The molecule has 106 valence electrons. The van der Waals surface area contributed by atoms with E-state index in [0.717, 1.165) is 17.7 Å². The number of pyridine rings is 1. The number of hydrogen-bond acceptors (Lipinski definition) is 3. The molecule has 2 aromatic rings. The molecule has 2 rings (SSSR count). The summed E-state index contributed by atoms with van der Waals surface area (Å²) in [5, 5.41) is 3.25. The van der Waals surface area contributed by atoms with E-state index in [-0.39, 0.29) is 5.75 Å². The highest BCUT2D eigenvalue weighted by atomic mass is 19.1. The highest BCUT2D eigenvalue weighted by Gasteiger charge is 2.07. The molecule has 5 heteroatoms. The van der Waals surface area contributed by atoms with Gasteiger partial charge in [-0.05, 0) is 23.8 Å². The molecule has 0 unspecified atom stereocenters. The predicted octanol–water partition coefficient (Wildman–Crippen LogP) is 3.65. The van der Waals surface area contributed by atoms with Crippen LogP contribution < -0.4 is 10.1 Å². The summed E-state index contributed by atoms with van der Waals surface area (Å²) in [6.45, 7) is 4.73. The molecule has 0 aliphatic heterocycles. The monoisotopic (exact) mass is 278 g/mol. The van der Waals surface area contributed by atoms with E-state index in [1.807, 2.05) is 13.8 Å². The van der Waals surface area contributed by atoms with Gasteiger partial charge in [-0.3, -0.25) is 4.98 Å². The molecule has 1 N–H and O–H groups in total. The van der Waals surface area contributed by atoms with E-state index in [4.69, 9.17) is 4.74 Å². The predicted molar refractivity (Wildman–Crippen MR) is 72.6 cm³/mol. The van der Waals surface area contributed by atoms with Crippen LogP contribution in [0.1, 0.15) is 19.4 Å². The third-order valence-electron chi connectivity index (χ3n) is 2.61. The Balaban J connectivity index is 2.11. The van der Waals surface area contributed by atoms with E-state index >= 15 is 0 Å². The molecule has 0 aliphatic carbocycles. The van der Waals surface area contributed by atoms with E-state index in [1.54, 1.807) is 12.3 Å². The van der Waals surface area contributed by atoms with E-state index in [0.29, 0.717) is 18.3 Å². The summed E-state index contributed by atoms with van der Waals surface area (Å²) in [5.74, 6) is -0.987. The van der Waals surface area contributed by atoms with Gasteiger partial charge in [0.15, 0.2) is 11.6 Å². The van der Waals surface area contributed by atoms with Gasteiger partial charge in [-0.2, -0.15) is 0 Å². The maximum atomic E-state index is 13.5. The van der Waals surface area contributed by atoms with Gasteiger partial charge >= 0.3 is 0 Å². The fourth-order valence-corrected chi connectivity index (χ4v) is 1.62. The summed E-state index contributed by atoms with van der Waals surface area (Å²) in [6.07, 6.45) is 3.20. The molecule has 0 saturated carbocycles. The molecular weight excluding hydrogens is 262 g/mol. The Morgan fingerprint density at radius 1 is 1.20 bits per heavy atom. The number of nitrogens with one attached hydrogen (secondary N) is 1. The molecule has 0 fully saturated rings. The maximum absolute atomic E-state index is 13.5. The Kier molecular flexibility index (Phi) is 4.63. The number of aromatic nitrogens is 1. The summed E-state index contributed by atoms with van der Waals surface area (Å²) in [7, 11) is 0. The lowest BCUT2D eigenvalue weighted by Gasteiger charge is -2.10. The van der Waals surface area contributed by atoms with Crippen LogP contribution in [0.2, 0.25) is 0 Å². The van der Waals surface area contributed by atoms with Crippen LogP contribution in [0.15, 0.2) is 36.7 Å². The van der Waals surface area contributed by atoms with Gasteiger partial charge in [-0.25, -0.2) is 8.78 Å². The molecule has 0 spiro atoms. The normalized spacial score (nSPS) is 10.8. The first kappa shape index (κ1) is 14.4. The highest BCUT2D eigenvalue weighted by Crippen LogP contribution is 2.24. The molecule has 0 saturated heterocycles. The molecule has 1 aromatic carbocycles. The highest BCUT2D eigenvalue weighted by molar-refractivity contribution is 5.32. The third-order valence-corrected chi connectivity index (χ3v) is 2.61. The molecule has 1 heterocycles. The Labute approximate surface area is 116 Å². The molecule has 0 bridgehead atoms. The second-order valence-electron chi connectivity index (χ2n) is 4.74. The first-order valence-electron chi connectivity index (χ1n) is 6.35. The van der Waals surface area contributed by atoms with Crippen LogP contribution in [0.3, 0.4) is 0 Å². The van der Waals surface area contributed by atoms with Gasteiger partial charge in [0, 0.05) is 24.8 Å². The summed E-state index contributed by atoms with van der Waals surface area (Å²) in [5.41, 5.74) is 0.929.